The summed E-state index contributed by atoms with van der Waals surface area (Å²) in [5.74, 6) is -0.490. The third-order valence-electron chi connectivity index (χ3n) is 6.97. The summed E-state index contributed by atoms with van der Waals surface area (Å²) in [6.07, 6.45) is 1.90. The molecular formula is C31H37N5O3. The summed E-state index contributed by atoms with van der Waals surface area (Å²) in [5, 5.41) is 8.28. The van der Waals surface area contributed by atoms with Crippen molar-refractivity contribution in [2.45, 2.75) is 51.2 Å². The fraction of sp³-hybridized carbons (Fsp3) is 0.323. The topological polar surface area (TPSA) is 117 Å². The molecule has 0 radical (unpaired) electrons. The lowest BCUT2D eigenvalue weighted by atomic mass is 9.96. The predicted molar refractivity (Wildman–Crippen MR) is 154 cm³/mol. The van der Waals surface area contributed by atoms with Gasteiger partial charge in [-0.15, -0.1) is 0 Å². The Hall–Kier alpha value is -4.17. The van der Waals surface area contributed by atoms with Crippen LogP contribution < -0.4 is 26.6 Å². The monoisotopic (exact) mass is 527 g/mol. The van der Waals surface area contributed by atoms with Crippen LogP contribution in [0.5, 0.6) is 0 Å². The Labute approximate surface area is 230 Å². The minimum Gasteiger partial charge on any atom is -0.343 e. The highest BCUT2D eigenvalue weighted by atomic mass is 16.2. The molecule has 4 rings (SSSR count). The van der Waals surface area contributed by atoms with Crippen molar-refractivity contribution in [3.05, 3.63) is 89.5 Å². The first-order chi connectivity index (χ1) is 18.7. The molecular weight excluding hydrogens is 490 g/mol. The standard InChI is InChI=1S/C31H37N5O3/c1-31(2,32)29(38)35-26-17-16-24-9-5-7-11-27(24)36(28(26)37)20-21-12-14-23(15-13-21)25-10-6-4-8-22(25)18-19-34-30(39)33-3/h4-15,26H,16-20,32H2,1-3H3,(H,35,38)(H2,33,34,39)/t26-/m1/s1. The normalized spacial score (nSPS) is 15.2. The van der Waals surface area contributed by atoms with Gasteiger partial charge in [-0.1, -0.05) is 66.7 Å². The summed E-state index contributed by atoms with van der Waals surface area (Å²) in [7, 11) is 1.60. The highest BCUT2D eigenvalue weighted by molar-refractivity contribution is 6.01. The quantitative estimate of drug-likeness (QED) is 0.359. The number of benzene rings is 3. The Morgan fingerprint density at radius 3 is 2.41 bits per heavy atom. The Balaban J connectivity index is 1.55. The lowest BCUT2D eigenvalue weighted by molar-refractivity contribution is -0.130. The molecule has 0 spiro atoms. The highest BCUT2D eigenvalue weighted by Crippen LogP contribution is 2.30. The predicted octanol–water partition coefficient (Wildman–Crippen LogP) is 3.53. The van der Waals surface area contributed by atoms with Gasteiger partial charge in [0, 0.05) is 19.3 Å². The molecule has 0 bridgehead atoms. The second-order valence-corrected chi connectivity index (χ2v) is 10.4. The zero-order valence-electron chi connectivity index (χ0n) is 22.8. The van der Waals surface area contributed by atoms with Crippen LogP contribution in [0, 0.1) is 0 Å². The summed E-state index contributed by atoms with van der Waals surface area (Å²) in [5.41, 5.74) is 11.1. The minimum atomic E-state index is -1.07. The molecule has 0 fully saturated rings. The number of aryl methyl sites for hydroxylation is 1. The second kappa shape index (κ2) is 12.1. The molecule has 0 saturated carbocycles. The minimum absolute atomic E-state index is 0.143. The summed E-state index contributed by atoms with van der Waals surface area (Å²) in [4.78, 5) is 39.6. The first-order valence-electron chi connectivity index (χ1n) is 13.3. The van der Waals surface area contributed by atoms with Crippen molar-refractivity contribution >= 4 is 23.5 Å². The smallest absolute Gasteiger partial charge is 0.314 e. The molecule has 1 aliphatic rings. The van der Waals surface area contributed by atoms with Gasteiger partial charge >= 0.3 is 6.03 Å². The van der Waals surface area contributed by atoms with Crippen molar-refractivity contribution in [3.63, 3.8) is 0 Å². The van der Waals surface area contributed by atoms with Crippen molar-refractivity contribution in [2.24, 2.45) is 5.73 Å². The van der Waals surface area contributed by atoms with Crippen LogP contribution in [0.4, 0.5) is 10.5 Å². The summed E-state index contributed by atoms with van der Waals surface area (Å²) in [6.45, 7) is 4.18. The van der Waals surface area contributed by atoms with Crippen LogP contribution in [0.2, 0.25) is 0 Å². The third-order valence-corrected chi connectivity index (χ3v) is 6.97. The van der Waals surface area contributed by atoms with Gasteiger partial charge in [-0.2, -0.15) is 0 Å². The average Bonchev–Trinajstić information content (AvgIpc) is 3.05. The van der Waals surface area contributed by atoms with Crippen molar-refractivity contribution in [3.8, 4) is 11.1 Å². The molecule has 8 nitrogen and oxygen atoms in total. The van der Waals surface area contributed by atoms with Crippen LogP contribution in [0.25, 0.3) is 11.1 Å². The zero-order chi connectivity index (χ0) is 28.0. The molecule has 1 atom stereocenters. The van der Waals surface area contributed by atoms with Crippen LogP contribution in [0.15, 0.2) is 72.8 Å². The molecule has 1 aliphatic heterocycles. The first kappa shape index (κ1) is 27.9. The molecule has 1 heterocycles. The number of carbonyl (C=O) groups excluding carboxylic acids is 3. The van der Waals surface area contributed by atoms with E-state index in [1.54, 1.807) is 25.8 Å². The van der Waals surface area contributed by atoms with Crippen LogP contribution in [-0.2, 0) is 29.0 Å². The number of hydrogen-bond acceptors (Lipinski definition) is 4. The summed E-state index contributed by atoms with van der Waals surface area (Å²) < 4.78 is 0. The van der Waals surface area contributed by atoms with Gasteiger partial charge in [0.2, 0.25) is 11.8 Å². The fourth-order valence-electron chi connectivity index (χ4n) is 4.75. The zero-order valence-corrected chi connectivity index (χ0v) is 22.8. The van der Waals surface area contributed by atoms with Gasteiger partial charge in [-0.25, -0.2) is 4.79 Å². The maximum absolute atomic E-state index is 13.7. The Kier molecular flexibility index (Phi) is 8.66. The van der Waals surface area contributed by atoms with Gasteiger partial charge in [0.25, 0.3) is 0 Å². The number of para-hydroxylation sites is 1. The number of rotatable bonds is 8. The lowest BCUT2D eigenvalue weighted by Crippen LogP contribution is -2.56. The molecule has 204 valence electrons. The van der Waals surface area contributed by atoms with E-state index >= 15 is 0 Å². The van der Waals surface area contributed by atoms with E-state index in [1.165, 1.54) is 0 Å². The van der Waals surface area contributed by atoms with Crippen LogP contribution in [0.1, 0.15) is 37.0 Å². The number of nitrogens with one attached hydrogen (secondary N) is 3. The summed E-state index contributed by atoms with van der Waals surface area (Å²) >= 11 is 0. The molecule has 0 saturated heterocycles. The first-order valence-corrected chi connectivity index (χ1v) is 13.3. The molecule has 0 unspecified atom stereocenters. The Bertz CT molecular complexity index is 1330. The maximum Gasteiger partial charge on any atom is 0.314 e. The van der Waals surface area contributed by atoms with E-state index < -0.39 is 11.6 Å². The number of amides is 4. The third kappa shape index (κ3) is 6.83. The van der Waals surface area contributed by atoms with E-state index in [-0.39, 0.29) is 17.8 Å². The number of anilines is 1. The number of nitrogens with two attached hydrogens (primary N) is 1. The van der Waals surface area contributed by atoms with E-state index in [2.05, 4.69) is 40.2 Å². The van der Waals surface area contributed by atoms with E-state index in [0.717, 1.165) is 33.5 Å². The van der Waals surface area contributed by atoms with Gasteiger partial charge in [0.05, 0.1) is 12.1 Å². The second-order valence-electron chi connectivity index (χ2n) is 10.4. The molecule has 4 amide bonds. The van der Waals surface area contributed by atoms with Gasteiger partial charge < -0.3 is 26.6 Å². The number of hydrogen-bond donors (Lipinski definition) is 4. The molecule has 8 heteroatoms. The van der Waals surface area contributed by atoms with Crippen LogP contribution in [0.3, 0.4) is 0 Å². The van der Waals surface area contributed by atoms with Gasteiger partial charge in [-0.05, 0) is 67.0 Å². The van der Waals surface area contributed by atoms with Crippen molar-refractivity contribution in [1.82, 2.24) is 16.0 Å². The van der Waals surface area contributed by atoms with E-state index in [1.807, 2.05) is 48.5 Å². The largest absolute Gasteiger partial charge is 0.343 e. The van der Waals surface area contributed by atoms with Crippen LogP contribution >= 0.6 is 0 Å². The molecule has 0 aliphatic carbocycles. The van der Waals surface area contributed by atoms with Crippen molar-refractivity contribution in [1.29, 1.82) is 0 Å². The maximum atomic E-state index is 13.7. The average molecular weight is 528 g/mol. The molecule has 0 aromatic heterocycles. The van der Waals surface area contributed by atoms with Crippen molar-refractivity contribution < 1.29 is 14.4 Å². The summed E-state index contributed by atoms with van der Waals surface area (Å²) in [6, 6.07) is 23.4. The highest BCUT2D eigenvalue weighted by Gasteiger charge is 2.34. The molecule has 5 N–H and O–H groups in total. The number of urea groups is 1. The molecule has 3 aromatic carbocycles. The molecule has 3 aromatic rings. The Morgan fingerprint density at radius 2 is 1.69 bits per heavy atom. The van der Waals surface area contributed by atoms with E-state index in [9.17, 15) is 14.4 Å². The van der Waals surface area contributed by atoms with Crippen LogP contribution in [-0.4, -0.2) is 43.0 Å². The number of nitrogens with zero attached hydrogens (tertiary/aromatic N) is 1. The van der Waals surface area contributed by atoms with Gasteiger partial charge in [-0.3, -0.25) is 9.59 Å². The SMILES string of the molecule is CNC(=O)NCCc1ccccc1-c1ccc(CN2C(=O)[C@H](NC(=O)C(C)(C)N)CCc3ccccc32)cc1. The molecule has 39 heavy (non-hydrogen) atoms. The number of fused-ring (bicyclic) bond motifs is 1. The fourth-order valence-corrected chi connectivity index (χ4v) is 4.75. The van der Waals surface area contributed by atoms with E-state index in [4.69, 9.17) is 5.73 Å². The van der Waals surface area contributed by atoms with Gasteiger partial charge in [0.15, 0.2) is 0 Å². The Morgan fingerprint density at radius 1 is 1.00 bits per heavy atom. The lowest BCUT2D eigenvalue weighted by Gasteiger charge is -2.28. The van der Waals surface area contributed by atoms with Gasteiger partial charge in [0.1, 0.15) is 6.04 Å². The number of carbonyl (C=O) groups is 3. The van der Waals surface area contributed by atoms with E-state index in [0.29, 0.717) is 32.4 Å². The van der Waals surface area contributed by atoms with Crippen molar-refractivity contribution in [2.75, 3.05) is 18.5 Å².